The highest BCUT2D eigenvalue weighted by molar-refractivity contribution is 6.34. The van der Waals surface area contributed by atoms with Crippen molar-refractivity contribution in [3.05, 3.63) is 28.3 Å². The zero-order valence-electron chi connectivity index (χ0n) is 6.56. The summed E-state index contributed by atoms with van der Waals surface area (Å²) < 4.78 is 5.19. The first kappa shape index (κ1) is 7.62. The zero-order valence-corrected chi connectivity index (χ0v) is 7.31. The number of rotatable bonds is 0. The molecule has 0 fully saturated rings. The lowest BCUT2D eigenvalue weighted by molar-refractivity contribution is 0.0961. The first-order valence-electron chi connectivity index (χ1n) is 3.65. The second-order valence-electron chi connectivity index (χ2n) is 2.78. The van der Waals surface area contributed by atoms with Gasteiger partial charge >= 0.3 is 0 Å². The maximum atomic E-state index is 11.2. The van der Waals surface area contributed by atoms with Crippen molar-refractivity contribution >= 4 is 17.4 Å². The van der Waals surface area contributed by atoms with Crippen LogP contribution in [-0.2, 0) is 0 Å². The first-order chi connectivity index (χ1) is 5.70. The Morgan fingerprint density at radius 1 is 1.50 bits per heavy atom. The summed E-state index contributed by atoms with van der Waals surface area (Å²) in [6.45, 7) is 2.02. The van der Waals surface area contributed by atoms with Gasteiger partial charge in [0.05, 0.1) is 10.6 Å². The van der Waals surface area contributed by atoms with Crippen molar-refractivity contribution in [3.8, 4) is 5.75 Å². The molecule has 0 spiro atoms. The summed E-state index contributed by atoms with van der Waals surface area (Å²) in [4.78, 5) is 11.2. The van der Waals surface area contributed by atoms with E-state index in [1.165, 1.54) is 0 Å². The monoisotopic (exact) mass is 182 g/mol. The van der Waals surface area contributed by atoms with E-state index in [0.717, 1.165) is 5.56 Å². The van der Waals surface area contributed by atoms with E-state index in [4.69, 9.17) is 16.3 Å². The molecule has 0 radical (unpaired) electrons. The van der Waals surface area contributed by atoms with E-state index in [-0.39, 0.29) is 12.4 Å². The number of Topliss-reactive ketones (excluding diaryl/α,β-unsaturated/α-hetero) is 1. The SMILES string of the molecule is Cc1ccc(Cl)c2c1OCC2=O. The molecule has 1 heterocycles. The fraction of sp³-hybridized carbons (Fsp3) is 0.222. The Hall–Kier alpha value is -1.02. The van der Waals surface area contributed by atoms with E-state index < -0.39 is 0 Å². The molecule has 2 rings (SSSR count). The molecule has 1 aliphatic rings. The molecule has 62 valence electrons. The van der Waals surface area contributed by atoms with Gasteiger partial charge in [-0.2, -0.15) is 0 Å². The summed E-state index contributed by atoms with van der Waals surface area (Å²) in [6.07, 6.45) is 0. The number of hydrogen-bond donors (Lipinski definition) is 0. The van der Waals surface area contributed by atoms with Gasteiger partial charge in [0.25, 0.3) is 0 Å². The van der Waals surface area contributed by atoms with Gasteiger partial charge < -0.3 is 4.74 Å². The molecule has 0 atom stereocenters. The Balaban J connectivity index is 2.72. The third kappa shape index (κ3) is 0.916. The summed E-state index contributed by atoms with van der Waals surface area (Å²) in [6, 6.07) is 3.57. The number of fused-ring (bicyclic) bond motifs is 1. The van der Waals surface area contributed by atoms with Gasteiger partial charge in [0.1, 0.15) is 5.75 Å². The van der Waals surface area contributed by atoms with Gasteiger partial charge in [0, 0.05) is 0 Å². The summed E-state index contributed by atoms with van der Waals surface area (Å²) >= 11 is 5.84. The summed E-state index contributed by atoms with van der Waals surface area (Å²) in [5.74, 6) is 0.617. The number of aryl methyl sites for hydroxylation is 1. The second kappa shape index (κ2) is 2.49. The van der Waals surface area contributed by atoms with Crippen LogP contribution >= 0.6 is 11.6 Å². The Morgan fingerprint density at radius 3 is 2.92 bits per heavy atom. The summed E-state index contributed by atoms with van der Waals surface area (Å²) in [5, 5.41) is 0.484. The zero-order chi connectivity index (χ0) is 8.72. The third-order valence-electron chi connectivity index (χ3n) is 1.93. The van der Waals surface area contributed by atoms with Gasteiger partial charge in [-0.25, -0.2) is 0 Å². The van der Waals surface area contributed by atoms with Crippen molar-refractivity contribution in [2.24, 2.45) is 0 Å². The predicted octanol–water partition coefficient (Wildman–Crippen LogP) is 2.22. The number of halogens is 1. The van der Waals surface area contributed by atoms with E-state index in [1.54, 1.807) is 6.07 Å². The van der Waals surface area contributed by atoms with Crippen LogP contribution in [0, 0.1) is 6.92 Å². The number of ketones is 1. The molecule has 0 N–H and O–H groups in total. The van der Waals surface area contributed by atoms with Crippen LogP contribution in [0.5, 0.6) is 5.75 Å². The molecule has 0 amide bonds. The summed E-state index contributed by atoms with van der Waals surface area (Å²) in [5.41, 5.74) is 1.50. The highest BCUT2D eigenvalue weighted by Crippen LogP contribution is 2.34. The van der Waals surface area contributed by atoms with Crippen LogP contribution in [0.2, 0.25) is 5.02 Å². The van der Waals surface area contributed by atoms with Gasteiger partial charge in [0.15, 0.2) is 6.61 Å². The maximum Gasteiger partial charge on any atom is 0.205 e. The van der Waals surface area contributed by atoms with E-state index in [9.17, 15) is 4.79 Å². The molecule has 1 aromatic carbocycles. The molecular formula is C9H7ClO2. The van der Waals surface area contributed by atoms with Crippen LogP contribution in [0.3, 0.4) is 0 Å². The number of carbonyl (C=O) groups is 1. The number of carbonyl (C=O) groups excluding carboxylic acids is 1. The maximum absolute atomic E-state index is 11.2. The number of ether oxygens (including phenoxy) is 1. The lowest BCUT2D eigenvalue weighted by atomic mass is 10.1. The van der Waals surface area contributed by atoms with Crippen LogP contribution in [0.15, 0.2) is 12.1 Å². The van der Waals surface area contributed by atoms with Crippen molar-refractivity contribution in [3.63, 3.8) is 0 Å². The largest absolute Gasteiger partial charge is 0.484 e. The first-order valence-corrected chi connectivity index (χ1v) is 4.03. The van der Waals surface area contributed by atoms with Gasteiger partial charge in [0.2, 0.25) is 5.78 Å². The Morgan fingerprint density at radius 2 is 2.25 bits per heavy atom. The fourth-order valence-corrected chi connectivity index (χ4v) is 1.57. The van der Waals surface area contributed by atoms with E-state index >= 15 is 0 Å². The average Bonchev–Trinajstić information content (AvgIpc) is 2.42. The number of hydrogen-bond acceptors (Lipinski definition) is 2. The van der Waals surface area contributed by atoms with Crippen molar-refractivity contribution in [1.82, 2.24) is 0 Å². The van der Waals surface area contributed by atoms with Gasteiger partial charge in [-0.3, -0.25) is 4.79 Å². The Labute approximate surface area is 75.1 Å². The minimum absolute atomic E-state index is 0.0290. The molecule has 0 saturated heterocycles. The molecule has 3 heteroatoms. The Bertz CT molecular complexity index is 358. The van der Waals surface area contributed by atoms with Crippen molar-refractivity contribution in [1.29, 1.82) is 0 Å². The third-order valence-corrected chi connectivity index (χ3v) is 2.25. The average molecular weight is 183 g/mol. The second-order valence-corrected chi connectivity index (χ2v) is 3.19. The molecular weight excluding hydrogens is 176 g/mol. The van der Waals surface area contributed by atoms with Crippen molar-refractivity contribution in [2.75, 3.05) is 6.61 Å². The molecule has 0 saturated carbocycles. The van der Waals surface area contributed by atoms with Crippen molar-refractivity contribution in [2.45, 2.75) is 6.92 Å². The van der Waals surface area contributed by atoms with E-state index in [0.29, 0.717) is 16.3 Å². The fourth-order valence-electron chi connectivity index (χ4n) is 1.32. The number of benzene rings is 1. The van der Waals surface area contributed by atoms with Crippen LogP contribution < -0.4 is 4.74 Å². The lowest BCUT2D eigenvalue weighted by Gasteiger charge is -2.02. The molecule has 0 aliphatic carbocycles. The van der Waals surface area contributed by atoms with Gasteiger partial charge in [-0.05, 0) is 18.6 Å². The predicted molar refractivity (Wildman–Crippen MR) is 46.0 cm³/mol. The molecule has 1 aromatic rings. The standard InChI is InChI=1S/C9H7ClO2/c1-5-2-3-6(10)8-7(11)4-12-9(5)8/h2-3H,4H2,1H3. The minimum atomic E-state index is -0.0290. The Kier molecular flexibility index (Phi) is 1.58. The van der Waals surface area contributed by atoms with Gasteiger partial charge in [-0.1, -0.05) is 17.7 Å². The van der Waals surface area contributed by atoms with E-state index in [2.05, 4.69) is 0 Å². The minimum Gasteiger partial charge on any atom is -0.484 e. The van der Waals surface area contributed by atoms with Crippen LogP contribution in [0.25, 0.3) is 0 Å². The van der Waals surface area contributed by atoms with Gasteiger partial charge in [-0.15, -0.1) is 0 Å². The smallest absolute Gasteiger partial charge is 0.205 e. The summed E-state index contributed by atoms with van der Waals surface area (Å²) in [7, 11) is 0. The van der Waals surface area contributed by atoms with Crippen LogP contribution in [0.4, 0.5) is 0 Å². The van der Waals surface area contributed by atoms with E-state index in [1.807, 2.05) is 13.0 Å². The molecule has 0 unspecified atom stereocenters. The molecule has 12 heavy (non-hydrogen) atoms. The normalized spacial score (nSPS) is 14.3. The molecule has 2 nitrogen and oxygen atoms in total. The van der Waals surface area contributed by atoms with Crippen LogP contribution in [0.1, 0.15) is 15.9 Å². The molecule has 1 aliphatic heterocycles. The highest BCUT2D eigenvalue weighted by Gasteiger charge is 2.25. The van der Waals surface area contributed by atoms with Crippen molar-refractivity contribution < 1.29 is 9.53 Å². The highest BCUT2D eigenvalue weighted by atomic mass is 35.5. The molecule has 0 aromatic heterocycles. The molecule has 0 bridgehead atoms. The lowest BCUT2D eigenvalue weighted by Crippen LogP contribution is -1.99. The quantitative estimate of drug-likeness (QED) is 0.615. The topological polar surface area (TPSA) is 26.3 Å². The van der Waals surface area contributed by atoms with Crippen LogP contribution in [-0.4, -0.2) is 12.4 Å².